The van der Waals surface area contributed by atoms with Crippen LogP contribution in [0.1, 0.15) is 39.5 Å². The van der Waals surface area contributed by atoms with Gasteiger partial charge in [0.25, 0.3) is 0 Å². The number of rotatable bonds is 8. The van der Waals surface area contributed by atoms with Gasteiger partial charge >= 0.3 is 5.97 Å². The van der Waals surface area contributed by atoms with E-state index in [9.17, 15) is 4.79 Å². The quantitative estimate of drug-likeness (QED) is 0.585. The maximum absolute atomic E-state index is 10.6. The van der Waals surface area contributed by atoms with E-state index in [1.165, 1.54) is 6.92 Å². The smallest absolute Gasteiger partial charge is 0.323 e. The lowest BCUT2D eigenvalue weighted by Gasteiger charge is -2.18. The Morgan fingerprint density at radius 3 is 2.50 bits per heavy atom. The fourth-order valence-corrected chi connectivity index (χ4v) is 0.997. The Labute approximate surface area is 85.4 Å². The van der Waals surface area contributed by atoms with Crippen molar-refractivity contribution in [2.45, 2.75) is 45.1 Å². The van der Waals surface area contributed by atoms with Gasteiger partial charge in [0.15, 0.2) is 0 Å². The molecule has 1 unspecified atom stereocenters. The van der Waals surface area contributed by atoms with Crippen molar-refractivity contribution in [2.75, 3.05) is 13.2 Å². The van der Waals surface area contributed by atoms with Crippen molar-refractivity contribution in [3.63, 3.8) is 0 Å². The number of hydrogen-bond acceptors (Lipinski definition) is 3. The van der Waals surface area contributed by atoms with Crippen molar-refractivity contribution in [1.82, 2.24) is 0 Å². The molecule has 0 aliphatic heterocycles. The Morgan fingerprint density at radius 2 is 2.00 bits per heavy atom. The Balaban J connectivity index is 3.40. The molecular weight excluding hydrogens is 182 g/mol. The van der Waals surface area contributed by atoms with Crippen molar-refractivity contribution < 1.29 is 14.6 Å². The van der Waals surface area contributed by atoms with Crippen molar-refractivity contribution in [3.05, 3.63) is 0 Å². The van der Waals surface area contributed by atoms with Gasteiger partial charge in [-0.1, -0.05) is 13.3 Å². The topological polar surface area (TPSA) is 72.5 Å². The van der Waals surface area contributed by atoms with E-state index in [-0.39, 0.29) is 0 Å². The zero-order valence-electron chi connectivity index (χ0n) is 9.08. The molecule has 14 heavy (non-hydrogen) atoms. The fraction of sp³-hybridized carbons (Fsp3) is 0.900. The molecule has 0 aliphatic carbocycles. The summed E-state index contributed by atoms with van der Waals surface area (Å²) in [7, 11) is 0. The second-order valence-electron chi connectivity index (χ2n) is 3.79. The first kappa shape index (κ1) is 13.4. The van der Waals surface area contributed by atoms with Gasteiger partial charge in [0.1, 0.15) is 5.54 Å². The third kappa shape index (κ3) is 5.94. The molecule has 0 fully saturated rings. The Bertz CT molecular complexity index is 169. The van der Waals surface area contributed by atoms with Crippen molar-refractivity contribution in [2.24, 2.45) is 5.73 Å². The van der Waals surface area contributed by atoms with Gasteiger partial charge in [-0.2, -0.15) is 0 Å². The summed E-state index contributed by atoms with van der Waals surface area (Å²) >= 11 is 0. The van der Waals surface area contributed by atoms with Crippen LogP contribution in [0.25, 0.3) is 0 Å². The Hall–Kier alpha value is -0.610. The van der Waals surface area contributed by atoms with Gasteiger partial charge in [0.05, 0.1) is 0 Å². The predicted octanol–water partition coefficient (Wildman–Crippen LogP) is 1.39. The lowest BCUT2D eigenvalue weighted by atomic mass is 9.98. The normalized spacial score (nSPS) is 15.1. The van der Waals surface area contributed by atoms with Crippen LogP contribution in [-0.4, -0.2) is 29.8 Å². The Kier molecular flexibility index (Phi) is 6.49. The van der Waals surface area contributed by atoms with E-state index in [0.29, 0.717) is 19.4 Å². The number of carboxylic acid groups (broad SMARTS) is 1. The van der Waals surface area contributed by atoms with Crippen molar-refractivity contribution in [1.29, 1.82) is 0 Å². The fourth-order valence-electron chi connectivity index (χ4n) is 0.997. The molecule has 0 aliphatic rings. The van der Waals surface area contributed by atoms with E-state index in [2.05, 4.69) is 6.92 Å². The minimum Gasteiger partial charge on any atom is -0.480 e. The van der Waals surface area contributed by atoms with E-state index in [1.807, 2.05) is 0 Å². The van der Waals surface area contributed by atoms with Crippen LogP contribution in [0.2, 0.25) is 0 Å². The molecule has 0 rings (SSSR count). The van der Waals surface area contributed by atoms with Crippen LogP contribution in [0, 0.1) is 0 Å². The maximum Gasteiger partial charge on any atom is 0.323 e. The van der Waals surface area contributed by atoms with Crippen LogP contribution in [0.4, 0.5) is 0 Å². The average Bonchev–Trinajstić information content (AvgIpc) is 2.10. The van der Waals surface area contributed by atoms with E-state index in [4.69, 9.17) is 15.6 Å². The van der Waals surface area contributed by atoms with Crippen molar-refractivity contribution in [3.8, 4) is 0 Å². The Morgan fingerprint density at radius 1 is 1.43 bits per heavy atom. The number of carboxylic acids is 1. The number of nitrogens with two attached hydrogens (primary N) is 1. The molecule has 0 radical (unpaired) electrons. The zero-order valence-corrected chi connectivity index (χ0v) is 9.08. The van der Waals surface area contributed by atoms with Crippen LogP contribution >= 0.6 is 0 Å². The third-order valence-electron chi connectivity index (χ3n) is 2.12. The first-order valence-electron chi connectivity index (χ1n) is 5.10. The van der Waals surface area contributed by atoms with Gasteiger partial charge in [-0.15, -0.1) is 0 Å². The van der Waals surface area contributed by atoms with Gasteiger partial charge < -0.3 is 15.6 Å². The molecule has 84 valence electrons. The van der Waals surface area contributed by atoms with E-state index in [1.54, 1.807) is 0 Å². The summed E-state index contributed by atoms with van der Waals surface area (Å²) in [4.78, 5) is 10.6. The largest absolute Gasteiger partial charge is 0.480 e. The van der Waals surface area contributed by atoms with E-state index < -0.39 is 11.5 Å². The molecule has 3 N–H and O–H groups in total. The van der Waals surface area contributed by atoms with Gasteiger partial charge in [-0.25, -0.2) is 0 Å². The van der Waals surface area contributed by atoms with Crippen LogP contribution in [-0.2, 0) is 9.53 Å². The molecular formula is C10H21NO3. The van der Waals surface area contributed by atoms with E-state index >= 15 is 0 Å². The molecule has 0 heterocycles. The maximum atomic E-state index is 10.6. The van der Waals surface area contributed by atoms with E-state index in [0.717, 1.165) is 19.4 Å². The molecule has 0 saturated carbocycles. The number of carbonyl (C=O) groups is 1. The highest BCUT2D eigenvalue weighted by Gasteiger charge is 2.26. The minimum absolute atomic E-state index is 0.453. The molecule has 0 saturated heterocycles. The molecule has 0 aromatic rings. The predicted molar refractivity (Wildman–Crippen MR) is 55.2 cm³/mol. The molecule has 4 heteroatoms. The van der Waals surface area contributed by atoms with Gasteiger partial charge in [-0.05, 0) is 26.2 Å². The molecule has 0 bridgehead atoms. The first-order valence-corrected chi connectivity index (χ1v) is 5.10. The molecule has 0 aromatic carbocycles. The summed E-state index contributed by atoms with van der Waals surface area (Å²) in [5.74, 6) is -0.953. The molecule has 0 aromatic heterocycles. The van der Waals surface area contributed by atoms with Crippen LogP contribution in [0.3, 0.4) is 0 Å². The summed E-state index contributed by atoms with van der Waals surface area (Å²) in [6.45, 7) is 4.98. The molecule has 4 nitrogen and oxygen atoms in total. The lowest BCUT2D eigenvalue weighted by Crippen LogP contribution is -2.44. The first-order chi connectivity index (χ1) is 6.50. The standard InChI is InChI=1S/C10H21NO3/c1-3-4-7-14-8-5-6-10(2,11)9(12)13/h3-8,11H2,1-2H3,(H,12,13). The lowest BCUT2D eigenvalue weighted by molar-refractivity contribution is -0.143. The monoisotopic (exact) mass is 203 g/mol. The summed E-state index contributed by atoms with van der Waals surface area (Å²) in [5.41, 5.74) is 4.43. The average molecular weight is 203 g/mol. The summed E-state index contributed by atoms with van der Waals surface area (Å²) < 4.78 is 5.30. The van der Waals surface area contributed by atoms with Crippen LogP contribution < -0.4 is 5.73 Å². The third-order valence-corrected chi connectivity index (χ3v) is 2.12. The number of hydrogen-bond donors (Lipinski definition) is 2. The summed E-state index contributed by atoms with van der Waals surface area (Å²) in [5, 5.41) is 8.72. The van der Waals surface area contributed by atoms with Crippen LogP contribution in [0.5, 0.6) is 0 Å². The molecule has 0 spiro atoms. The summed E-state index contributed by atoms with van der Waals surface area (Å²) in [6, 6.07) is 0. The van der Waals surface area contributed by atoms with Gasteiger partial charge in [-0.3, -0.25) is 4.79 Å². The van der Waals surface area contributed by atoms with Crippen molar-refractivity contribution >= 4 is 5.97 Å². The highest BCUT2D eigenvalue weighted by molar-refractivity contribution is 5.77. The van der Waals surface area contributed by atoms with Gasteiger partial charge in [0, 0.05) is 13.2 Å². The second kappa shape index (κ2) is 6.79. The number of ether oxygens (including phenoxy) is 1. The number of unbranched alkanes of at least 4 members (excludes halogenated alkanes) is 1. The second-order valence-corrected chi connectivity index (χ2v) is 3.79. The highest BCUT2D eigenvalue weighted by atomic mass is 16.5. The summed E-state index contributed by atoms with van der Waals surface area (Å²) in [6.07, 6.45) is 3.32. The van der Waals surface area contributed by atoms with Gasteiger partial charge in [0.2, 0.25) is 0 Å². The SMILES string of the molecule is CCCCOCCCC(C)(N)C(=O)O. The molecule has 1 atom stereocenters. The van der Waals surface area contributed by atoms with Crippen LogP contribution in [0.15, 0.2) is 0 Å². The zero-order chi connectivity index (χ0) is 11.0. The highest BCUT2D eigenvalue weighted by Crippen LogP contribution is 2.08. The molecule has 0 amide bonds. The minimum atomic E-state index is -1.12. The number of aliphatic carboxylic acids is 1.